The summed E-state index contributed by atoms with van der Waals surface area (Å²) in [4.78, 5) is 32.3. The molecule has 0 aliphatic carbocycles. The summed E-state index contributed by atoms with van der Waals surface area (Å²) in [5.41, 5.74) is 0.0305. The lowest BCUT2D eigenvalue weighted by Gasteiger charge is -2.24. The van der Waals surface area contributed by atoms with Crippen molar-refractivity contribution in [2.24, 2.45) is 0 Å². The van der Waals surface area contributed by atoms with Crippen LogP contribution in [0.2, 0.25) is 0 Å². The zero-order valence-corrected chi connectivity index (χ0v) is 17.2. The number of aromatic nitrogens is 5. The van der Waals surface area contributed by atoms with E-state index >= 15 is 0 Å². The largest absolute Gasteiger partial charge is 0.340 e. The Bertz CT molecular complexity index is 1080. The lowest BCUT2D eigenvalue weighted by atomic mass is 10.1. The highest BCUT2D eigenvalue weighted by atomic mass is 16.2. The van der Waals surface area contributed by atoms with Crippen LogP contribution in [0.3, 0.4) is 0 Å². The van der Waals surface area contributed by atoms with E-state index in [9.17, 15) is 9.59 Å². The number of H-pyrrole nitrogens is 1. The smallest absolute Gasteiger partial charge is 0.279 e. The first-order valence-electron chi connectivity index (χ1n) is 10.7. The predicted octanol–water partition coefficient (Wildman–Crippen LogP) is 2.95. The van der Waals surface area contributed by atoms with Gasteiger partial charge < -0.3 is 4.90 Å². The van der Waals surface area contributed by atoms with Crippen LogP contribution >= 0.6 is 0 Å². The maximum atomic E-state index is 13.0. The van der Waals surface area contributed by atoms with E-state index in [1.54, 1.807) is 24.3 Å². The van der Waals surface area contributed by atoms with Crippen molar-refractivity contribution in [1.82, 2.24) is 25.0 Å². The average Bonchev–Trinajstić information content (AvgIpc) is 3.24. The van der Waals surface area contributed by atoms with Gasteiger partial charge in [0.1, 0.15) is 0 Å². The fourth-order valence-electron chi connectivity index (χ4n) is 3.78. The number of fused-ring (bicyclic) bond motifs is 1. The van der Waals surface area contributed by atoms with Gasteiger partial charge in [-0.3, -0.25) is 14.9 Å². The number of nitrogens with zero attached hydrogens (tertiary/aromatic N) is 5. The zero-order valence-electron chi connectivity index (χ0n) is 17.2. The summed E-state index contributed by atoms with van der Waals surface area (Å²) in [5, 5.41) is 15.2. The molecule has 0 spiro atoms. The molecule has 1 amide bonds. The van der Waals surface area contributed by atoms with Gasteiger partial charge in [0.25, 0.3) is 11.5 Å². The molecule has 1 aliphatic rings. The van der Waals surface area contributed by atoms with Crippen molar-refractivity contribution >= 4 is 28.6 Å². The molecule has 1 aromatic carbocycles. The molecule has 9 heteroatoms. The first-order chi connectivity index (χ1) is 14.7. The molecule has 1 saturated heterocycles. The molecule has 9 nitrogen and oxygen atoms in total. The van der Waals surface area contributed by atoms with Gasteiger partial charge in [0.2, 0.25) is 11.9 Å². The summed E-state index contributed by atoms with van der Waals surface area (Å²) < 4.78 is 1.40. The van der Waals surface area contributed by atoms with E-state index in [0.29, 0.717) is 23.3 Å². The van der Waals surface area contributed by atoms with Crippen LogP contribution < -0.4 is 15.8 Å². The third kappa shape index (κ3) is 4.19. The highest BCUT2D eigenvalue weighted by Crippen LogP contribution is 2.18. The Kier molecular flexibility index (Phi) is 6.06. The number of carbonyl (C=O) groups is 1. The number of carbonyl (C=O) groups excluding carboxylic acids is 1. The minimum Gasteiger partial charge on any atom is -0.340 e. The predicted molar refractivity (Wildman–Crippen MR) is 116 cm³/mol. The van der Waals surface area contributed by atoms with E-state index in [4.69, 9.17) is 0 Å². The number of aryl methyl sites for hydroxylation is 1. The molecule has 3 aromatic rings. The van der Waals surface area contributed by atoms with Crippen LogP contribution in [0.4, 0.5) is 11.9 Å². The maximum Gasteiger partial charge on any atom is 0.279 e. The zero-order chi connectivity index (χ0) is 20.9. The highest BCUT2D eigenvalue weighted by Gasteiger charge is 2.20. The monoisotopic (exact) mass is 409 g/mol. The van der Waals surface area contributed by atoms with E-state index in [0.717, 1.165) is 45.2 Å². The number of nitrogens with one attached hydrogen (secondary N) is 2. The summed E-state index contributed by atoms with van der Waals surface area (Å²) in [6.45, 7) is 4.42. The van der Waals surface area contributed by atoms with E-state index < -0.39 is 5.91 Å². The Hall–Kier alpha value is -3.23. The molecular weight excluding hydrogens is 382 g/mol. The summed E-state index contributed by atoms with van der Waals surface area (Å²) >= 11 is 0. The van der Waals surface area contributed by atoms with E-state index in [2.05, 4.69) is 37.4 Å². The fraction of sp³-hybridized carbons (Fsp3) is 0.476. The third-order valence-electron chi connectivity index (χ3n) is 5.40. The van der Waals surface area contributed by atoms with E-state index in [-0.39, 0.29) is 17.2 Å². The van der Waals surface area contributed by atoms with Crippen molar-refractivity contribution < 1.29 is 4.79 Å². The maximum absolute atomic E-state index is 13.0. The molecule has 4 rings (SSSR count). The van der Waals surface area contributed by atoms with Crippen LogP contribution in [0.5, 0.6) is 0 Å². The quantitative estimate of drug-likeness (QED) is 0.581. The SMILES string of the molecule is CCCCCn1nc(C(=O)Nc2nc(N3CCCCC3)n[nH]2)c2ccccc2c1=O. The van der Waals surface area contributed by atoms with Crippen molar-refractivity contribution in [1.29, 1.82) is 0 Å². The highest BCUT2D eigenvalue weighted by molar-refractivity contribution is 6.10. The standard InChI is InChI=1S/C21H27N7O2/c1-2-3-7-14-28-19(30)16-11-6-5-10-15(16)17(26-28)18(29)22-20-23-21(25-24-20)27-12-8-4-9-13-27/h5-6,10-11H,2-4,7-9,12-14H2,1H3,(H2,22,23,24,25,29). The third-order valence-corrected chi connectivity index (χ3v) is 5.40. The fourth-order valence-corrected chi connectivity index (χ4v) is 3.78. The summed E-state index contributed by atoms with van der Waals surface area (Å²) in [7, 11) is 0. The average molecular weight is 409 g/mol. The molecule has 2 N–H and O–H groups in total. The molecule has 0 bridgehead atoms. The number of hydrogen-bond donors (Lipinski definition) is 2. The minimum atomic E-state index is -0.420. The Labute approximate surface area is 174 Å². The second-order valence-corrected chi connectivity index (χ2v) is 7.62. The van der Waals surface area contributed by atoms with Gasteiger partial charge in [-0.25, -0.2) is 9.78 Å². The van der Waals surface area contributed by atoms with E-state index in [1.165, 1.54) is 11.1 Å². The number of anilines is 2. The molecule has 2 aromatic heterocycles. The Morgan fingerprint density at radius 1 is 1.13 bits per heavy atom. The van der Waals surface area contributed by atoms with Gasteiger partial charge in [-0.2, -0.15) is 10.1 Å². The van der Waals surface area contributed by atoms with Crippen LogP contribution in [0.15, 0.2) is 29.1 Å². The summed E-state index contributed by atoms with van der Waals surface area (Å²) in [5.74, 6) is 0.444. The second kappa shape index (κ2) is 9.06. The summed E-state index contributed by atoms with van der Waals surface area (Å²) in [6.07, 6.45) is 6.33. The number of piperidine rings is 1. The molecule has 3 heterocycles. The first kappa shape index (κ1) is 20.1. The number of amides is 1. The van der Waals surface area contributed by atoms with Crippen molar-refractivity contribution in [2.45, 2.75) is 52.0 Å². The van der Waals surface area contributed by atoms with Crippen molar-refractivity contribution in [3.63, 3.8) is 0 Å². The lowest BCUT2D eigenvalue weighted by Crippen LogP contribution is -2.30. The Morgan fingerprint density at radius 2 is 1.90 bits per heavy atom. The topological polar surface area (TPSA) is 109 Å². The van der Waals surface area contributed by atoms with E-state index in [1.807, 2.05) is 0 Å². The Morgan fingerprint density at radius 3 is 2.67 bits per heavy atom. The van der Waals surface area contributed by atoms with Gasteiger partial charge in [-0.05, 0) is 31.7 Å². The number of aromatic amines is 1. The molecule has 158 valence electrons. The minimum absolute atomic E-state index is 0.176. The van der Waals surface area contributed by atoms with Gasteiger partial charge in [0.15, 0.2) is 5.69 Å². The van der Waals surface area contributed by atoms with Crippen molar-refractivity contribution in [2.75, 3.05) is 23.3 Å². The molecule has 0 atom stereocenters. The molecule has 1 aliphatic heterocycles. The molecular formula is C21H27N7O2. The Balaban J connectivity index is 1.60. The van der Waals surface area contributed by atoms with Crippen LogP contribution in [0.25, 0.3) is 10.8 Å². The number of unbranched alkanes of at least 4 members (excludes halogenated alkanes) is 2. The van der Waals surface area contributed by atoms with Gasteiger partial charge in [-0.15, -0.1) is 5.10 Å². The first-order valence-corrected chi connectivity index (χ1v) is 10.7. The van der Waals surface area contributed by atoms with Crippen molar-refractivity contribution in [3.05, 3.63) is 40.3 Å². The lowest BCUT2D eigenvalue weighted by molar-refractivity contribution is 0.102. The van der Waals surface area contributed by atoms with Crippen LogP contribution in [0.1, 0.15) is 55.9 Å². The molecule has 0 unspecified atom stereocenters. The van der Waals surface area contributed by atoms with Gasteiger partial charge >= 0.3 is 0 Å². The molecule has 0 radical (unpaired) electrons. The van der Waals surface area contributed by atoms with Crippen molar-refractivity contribution in [3.8, 4) is 0 Å². The number of benzene rings is 1. The number of rotatable bonds is 7. The summed E-state index contributed by atoms with van der Waals surface area (Å²) in [6, 6.07) is 7.07. The molecule has 1 fully saturated rings. The van der Waals surface area contributed by atoms with Crippen LogP contribution in [0, 0.1) is 0 Å². The molecule has 0 saturated carbocycles. The molecule has 30 heavy (non-hydrogen) atoms. The normalized spacial score (nSPS) is 14.2. The number of hydrogen-bond acceptors (Lipinski definition) is 6. The van der Waals surface area contributed by atoms with Gasteiger partial charge in [-0.1, -0.05) is 38.0 Å². The van der Waals surface area contributed by atoms with Crippen LogP contribution in [-0.4, -0.2) is 44.0 Å². The van der Waals surface area contributed by atoms with Gasteiger partial charge in [0, 0.05) is 25.0 Å². The van der Waals surface area contributed by atoms with Crippen LogP contribution in [-0.2, 0) is 6.54 Å². The van der Waals surface area contributed by atoms with Gasteiger partial charge in [0.05, 0.1) is 5.39 Å². The second-order valence-electron chi connectivity index (χ2n) is 7.62.